The van der Waals surface area contributed by atoms with Crippen molar-refractivity contribution < 1.29 is 19.5 Å². The summed E-state index contributed by atoms with van der Waals surface area (Å²) in [4.78, 5) is 40.1. The van der Waals surface area contributed by atoms with E-state index in [0.29, 0.717) is 18.8 Å². The summed E-state index contributed by atoms with van der Waals surface area (Å²) < 4.78 is 0. The average molecular weight is 349 g/mol. The highest BCUT2D eigenvalue weighted by Gasteiger charge is 2.38. The molecule has 0 spiro atoms. The number of nitrogen functional groups attached to an aromatic ring is 2. The van der Waals surface area contributed by atoms with E-state index in [1.807, 2.05) is 0 Å². The van der Waals surface area contributed by atoms with Crippen LogP contribution in [0.2, 0.25) is 0 Å². The van der Waals surface area contributed by atoms with Crippen LogP contribution in [-0.4, -0.2) is 64.4 Å². The van der Waals surface area contributed by atoms with Crippen LogP contribution >= 0.6 is 0 Å². The molecule has 1 aromatic rings. The standard InChI is InChI=1S/C16H23N5O4/c1-9(14(23)11-7-10(17)3-4-12(11)18)21(15(24)13(19)8-22)16(25)20-5-2-6-20/h3-4,7,9,13,22H,2,5-6,8,17-19H2,1H3. The third-order valence-corrected chi connectivity index (χ3v) is 4.19. The summed E-state index contributed by atoms with van der Waals surface area (Å²) in [5, 5.41) is 9.14. The largest absolute Gasteiger partial charge is 0.399 e. The summed E-state index contributed by atoms with van der Waals surface area (Å²) >= 11 is 0. The Bertz CT molecular complexity index is 672. The van der Waals surface area contributed by atoms with Crippen LogP contribution in [0, 0.1) is 0 Å². The summed E-state index contributed by atoms with van der Waals surface area (Å²) in [6.07, 6.45) is 0.824. The summed E-state index contributed by atoms with van der Waals surface area (Å²) in [6, 6.07) is 1.39. The maximum Gasteiger partial charge on any atom is 0.327 e. The van der Waals surface area contributed by atoms with Crippen LogP contribution in [0.3, 0.4) is 0 Å². The Labute approximate surface area is 145 Å². The molecule has 0 aliphatic carbocycles. The number of hydrogen-bond acceptors (Lipinski definition) is 7. The van der Waals surface area contributed by atoms with E-state index in [9.17, 15) is 14.4 Å². The molecule has 2 rings (SSSR count). The molecular weight excluding hydrogens is 326 g/mol. The van der Waals surface area contributed by atoms with Crippen molar-refractivity contribution in [1.82, 2.24) is 9.80 Å². The number of aliphatic hydroxyl groups is 1. The van der Waals surface area contributed by atoms with Gasteiger partial charge in [-0.15, -0.1) is 0 Å². The van der Waals surface area contributed by atoms with Gasteiger partial charge >= 0.3 is 6.03 Å². The molecular formula is C16H23N5O4. The van der Waals surface area contributed by atoms with Gasteiger partial charge in [-0.2, -0.15) is 0 Å². The van der Waals surface area contributed by atoms with Gasteiger partial charge in [0.25, 0.3) is 5.91 Å². The van der Waals surface area contributed by atoms with E-state index in [4.69, 9.17) is 22.3 Å². The first-order valence-electron chi connectivity index (χ1n) is 7.95. The molecule has 2 unspecified atom stereocenters. The Morgan fingerprint density at radius 1 is 1.28 bits per heavy atom. The predicted octanol–water partition coefficient (Wildman–Crippen LogP) is -0.604. The number of aliphatic hydroxyl groups excluding tert-OH is 1. The van der Waals surface area contributed by atoms with Crippen LogP contribution < -0.4 is 17.2 Å². The number of Topliss-reactive ketones (excluding diaryl/α,β-unsaturated/α-hetero) is 1. The number of carbonyl (C=O) groups is 3. The van der Waals surface area contributed by atoms with Gasteiger partial charge in [0.05, 0.1) is 6.61 Å². The quantitative estimate of drug-likeness (QED) is 0.408. The highest BCUT2D eigenvalue weighted by molar-refractivity contribution is 6.09. The monoisotopic (exact) mass is 349 g/mol. The van der Waals surface area contributed by atoms with E-state index in [2.05, 4.69) is 0 Å². The molecule has 3 amide bonds. The lowest BCUT2D eigenvalue weighted by molar-refractivity contribution is -0.132. The predicted molar refractivity (Wildman–Crippen MR) is 92.6 cm³/mol. The van der Waals surface area contributed by atoms with Gasteiger partial charge in [0, 0.05) is 30.0 Å². The van der Waals surface area contributed by atoms with Crippen molar-refractivity contribution in [2.75, 3.05) is 31.2 Å². The second-order valence-electron chi connectivity index (χ2n) is 6.01. The Kier molecular flexibility index (Phi) is 5.60. The van der Waals surface area contributed by atoms with Gasteiger partial charge in [-0.1, -0.05) is 0 Å². The van der Waals surface area contributed by atoms with Gasteiger partial charge in [-0.25, -0.2) is 4.79 Å². The van der Waals surface area contributed by atoms with Gasteiger partial charge in [0.15, 0.2) is 5.78 Å². The molecule has 9 heteroatoms. The fourth-order valence-electron chi connectivity index (χ4n) is 2.50. The van der Waals surface area contributed by atoms with E-state index >= 15 is 0 Å². The summed E-state index contributed by atoms with van der Waals surface area (Å²) in [6.45, 7) is 1.78. The topological polar surface area (TPSA) is 156 Å². The Balaban J connectivity index is 2.34. The number of imide groups is 1. The maximum atomic E-state index is 12.8. The molecule has 1 heterocycles. The second kappa shape index (κ2) is 7.49. The number of carbonyl (C=O) groups excluding carboxylic acids is 3. The van der Waals surface area contributed by atoms with E-state index in [0.717, 1.165) is 11.3 Å². The average Bonchev–Trinajstić information content (AvgIpc) is 2.53. The number of rotatable bonds is 5. The fraction of sp³-hybridized carbons (Fsp3) is 0.438. The van der Waals surface area contributed by atoms with E-state index < -0.39 is 36.4 Å². The number of anilines is 2. The van der Waals surface area contributed by atoms with Crippen LogP contribution in [0.15, 0.2) is 18.2 Å². The Hall–Kier alpha value is -2.65. The minimum atomic E-state index is -1.29. The molecule has 25 heavy (non-hydrogen) atoms. The number of likely N-dealkylation sites (tertiary alicyclic amines) is 1. The lowest BCUT2D eigenvalue weighted by atomic mass is 10.0. The first kappa shape index (κ1) is 18.7. The molecule has 1 fully saturated rings. The minimum absolute atomic E-state index is 0.124. The first-order chi connectivity index (χ1) is 11.8. The molecule has 0 saturated carbocycles. The summed E-state index contributed by atoms with van der Waals surface area (Å²) in [5.41, 5.74) is 17.8. The normalized spacial score (nSPS) is 15.9. The van der Waals surface area contributed by atoms with Crippen LogP contribution in [0.25, 0.3) is 0 Å². The van der Waals surface area contributed by atoms with Crippen LogP contribution in [0.5, 0.6) is 0 Å². The molecule has 9 nitrogen and oxygen atoms in total. The van der Waals surface area contributed by atoms with Crippen LogP contribution in [0.4, 0.5) is 16.2 Å². The van der Waals surface area contributed by atoms with Crippen molar-refractivity contribution in [1.29, 1.82) is 0 Å². The number of urea groups is 1. The van der Waals surface area contributed by atoms with Crippen molar-refractivity contribution in [3.8, 4) is 0 Å². The molecule has 1 aromatic carbocycles. The first-order valence-corrected chi connectivity index (χ1v) is 7.95. The van der Waals surface area contributed by atoms with Gasteiger partial charge in [0.2, 0.25) is 0 Å². The minimum Gasteiger partial charge on any atom is -0.399 e. The zero-order valence-corrected chi connectivity index (χ0v) is 14.0. The second-order valence-corrected chi connectivity index (χ2v) is 6.01. The van der Waals surface area contributed by atoms with Gasteiger partial charge < -0.3 is 27.2 Å². The molecule has 0 radical (unpaired) electrons. The smallest absolute Gasteiger partial charge is 0.327 e. The van der Waals surface area contributed by atoms with Gasteiger partial charge in [0.1, 0.15) is 12.1 Å². The van der Waals surface area contributed by atoms with Crippen molar-refractivity contribution in [2.24, 2.45) is 5.73 Å². The maximum absolute atomic E-state index is 12.8. The van der Waals surface area contributed by atoms with Crippen LogP contribution in [0.1, 0.15) is 23.7 Å². The highest BCUT2D eigenvalue weighted by Crippen LogP contribution is 2.21. The third-order valence-electron chi connectivity index (χ3n) is 4.19. The fourth-order valence-corrected chi connectivity index (χ4v) is 2.50. The van der Waals surface area contributed by atoms with E-state index in [1.54, 1.807) is 6.07 Å². The van der Waals surface area contributed by atoms with Crippen molar-refractivity contribution >= 4 is 29.1 Å². The number of ketones is 1. The number of nitrogens with two attached hydrogens (primary N) is 3. The zero-order valence-electron chi connectivity index (χ0n) is 14.0. The molecule has 1 saturated heterocycles. The van der Waals surface area contributed by atoms with Crippen molar-refractivity contribution in [3.05, 3.63) is 23.8 Å². The van der Waals surface area contributed by atoms with E-state index in [1.165, 1.54) is 24.0 Å². The van der Waals surface area contributed by atoms with Gasteiger partial charge in [-0.05, 0) is 31.5 Å². The number of nitrogens with zero attached hydrogens (tertiary/aromatic N) is 2. The summed E-state index contributed by atoms with van der Waals surface area (Å²) in [5.74, 6) is -1.35. The SMILES string of the molecule is CC(C(=O)c1cc(N)ccc1N)N(C(=O)C(N)CO)C(=O)N1CCC1. The zero-order chi connectivity index (χ0) is 18.7. The molecule has 0 bridgehead atoms. The van der Waals surface area contributed by atoms with E-state index in [-0.39, 0.29) is 11.3 Å². The Morgan fingerprint density at radius 3 is 2.44 bits per heavy atom. The lowest BCUT2D eigenvalue weighted by Crippen LogP contribution is -2.60. The lowest BCUT2D eigenvalue weighted by Gasteiger charge is -2.38. The summed E-state index contributed by atoms with van der Waals surface area (Å²) in [7, 11) is 0. The molecule has 1 aliphatic rings. The molecule has 1 aliphatic heterocycles. The van der Waals surface area contributed by atoms with Gasteiger partial charge in [-0.3, -0.25) is 14.5 Å². The van der Waals surface area contributed by atoms with Crippen LogP contribution in [-0.2, 0) is 4.79 Å². The molecule has 2 atom stereocenters. The number of amides is 3. The van der Waals surface area contributed by atoms with Crippen molar-refractivity contribution in [3.63, 3.8) is 0 Å². The number of benzene rings is 1. The number of hydrogen-bond donors (Lipinski definition) is 4. The molecule has 136 valence electrons. The molecule has 7 N–H and O–H groups in total. The third kappa shape index (κ3) is 3.72. The van der Waals surface area contributed by atoms with Crippen molar-refractivity contribution in [2.45, 2.75) is 25.4 Å². The highest BCUT2D eigenvalue weighted by atomic mass is 16.3. The Morgan fingerprint density at radius 2 is 1.92 bits per heavy atom. The molecule has 0 aromatic heterocycles.